The highest BCUT2D eigenvalue weighted by molar-refractivity contribution is 7.92. The van der Waals surface area contributed by atoms with Crippen LogP contribution in [0.25, 0.3) is 0 Å². The Hall–Kier alpha value is -1.25. The fraction of sp³-hybridized carbons (Fsp3) is 0.462. The number of Topliss-reactive ketones (excluding diaryl/α,β-unsaturated/α-hetero) is 1. The van der Waals surface area contributed by atoms with Gasteiger partial charge in [-0.25, -0.2) is 21.6 Å². The number of hydrogen-bond acceptors (Lipinski definition) is 5. The number of sulfone groups is 1. The van der Waals surface area contributed by atoms with Crippen LogP contribution in [-0.2, 0) is 19.9 Å². The molecule has 2 rings (SSSR count). The molecule has 1 aromatic carbocycles. The van der Waals surface area contributed by atoms with E-state index in [1.807, 2.05) is 0 Å². The maximum atomic E-state index is 12.4. The molecule has 6 nitrogen and oxygen atoms in total. The smallest absolute Gasteiger partial charge is 0.241 e. The van der Waals surface area contributed by atoms with Gasteiger partial charge in [-0.3, -0.25) is 4.79 Å². The third kappa shape index (κ3) is 3.69. The van der Waals surface area contributed by atoms with Gasteiger partial charge in [-0.1, -0.05) is 12.1 Å². The third-order valence-corrected chi connectivity index (χ3v) is 6.97. The molecule has 1 aliphatic rings. The molecule has 0 bridgehead atoms. The Bertz CT molecular complexity index is 783. The van der Waals surface area contributed by atoms with E-state index in [4.69, 9.17) is 0 Å². The molecule has 0 unspecified atom stereocenters. The Labute approximate surface area is 124 Å². The quantitative estimate of drug-likeness (QED) is 0.821. The molecule has 21 heavy (non-hydrogen) atoms. The summed E-state index contributed by atoms with van der Waals surface area (Å²) in [5.74, 6) is -0.479. The molecule has 0 radical (unpaired) electrons. The highest BCUT2D eigenvalue weighted by Gasteiger charge is 2.41. The lowest BCUT2D eigenvalue weighted by Crippen LogP contribution is -2.46. The summed E-state index contributed by atoms with van der Waals surface area (Å²) >= 11 is 0. The van der Waals surface area contributed by atoms with Gasteiger partial charge in [0.05, 0.1) is 16.4 Å². The molecule has 0 aromatic heterocycles. The van der Waals surface area contributed by atoms with E-state index in [2.05, 4.69) is 4.72 Å². The first kappa shape index (κ1) is 16.1. The van der Waals surface area contributed by atoms with Crippen LogP contribution in [0.2, 0.25) is 0 Å². The summed E-state index contributed by atoms with van der Waals surface area (Å²) in [6.45, 7) is 2.92. The summed E-state index contributed by atoms with van der Waals surface area (Å²) in [5.41, 5.74) is -0.716. The largest absolute Gasteiger partial charge is 0.295 e. The molecule has 1 N–H and O–H groups in total. The normalized spacial score (nSPS) is 24.9. The van der Waals surface area contributed by atoms with Crippen LogP contribution in [0.5, 0.6) is 0 Å². The number of rotatable bonds is 4. The maximum Gasteiger partial charge on any atom is 0.241 e. The van der Waals surface area contributed by atoms with Gasteiger partial charge in [0.1, 0.15) is 0 Å². The lowest BCUT2D eigenvalue weighted by Gasteiger charge is -2.23. The predicted molar refractivity (Wildman–Crippen MR) is 78.4 cm³/mol. The van der Waals surface area contributed by atoms with Crippen molar-refractivity contribution in [2.75, 3.05) is 11.5 Å². The van der Waals surface area contributed by atoms with Gasteiger partial charge in [0.25, 0.3) is 0 Å². The van der Waals surface area contributed by atoms with E-state index < -0.39 is 25.4 Å². The van der Waals surface area contributed by atoms with E-state index in [9.17, 15) is 21.6 Å². The number of carbonyl (C=O) groups excluding carboxylic acids is 1. The molecule has 0 amide bonds. The van der Waals surface area contributed by atoms with Crippen molar-refractivity contribution in [3.8, 4) is 0 Å². The Kier molecular flexibility index (Phi) is 3.98. The zero-order valence-corrected chi connectivity index (χ0v) is 13.4. The van der Waals surface area contributed by atoms with Crippen LogP contribution in [-0.4, -0.2) is 39.7 Å². The monoisotopic (exact) mass is 331 g/mol. The van der Waals surface area contributed by atoms with E-state index in [0.29, 0.717) is 5.56 Å². The van der Waals surface area contributed by atoms with Crippen molar-refractivity contribution in [1.29, 1.82) is 0 Å². The fourth-order valence-electron chi connectivity index (χ4n) is 2.36. The summed E-state index contributed by atoms with van der Waals surface area (Å²) in [6, 6.07) is 5.68. The molecule has 0 aliphatic carbocycles. The lowest BCUT2D eigenvalue weighted by molar-refractivity contribution is 0.101. The molecule has 8 heteroatoms. The van der Waals surface area contributed by atoms with Crippen molar-refractivity contribution < 1.29 is 21.6 Å². The van der Waals surface area contributed by atoms with Gasteiger partial charge >= 0.3 is 0 Å². The molecule has 1 aliphatic heterocycles. The van der Waals surface area contributed by atoms with Crippen molar-refractivity contribution in [1.82, 2.24) is 4.72 Å². The van der Waals surface area contributed by atoms with Gasteiger partial charge in [0, 0.05) is 11.1 Å². The van der Waals surface area contributed by atoms with Crippen molar-refractivity contribution in [3.63, 3.8) is 0 Å². The van der Waals surface area contributed by atoms with Gasteiger partial charge in [0.15, 0.2) is 15.6 Å². The first-order valence-corrected chi connectivity index (χ1v) is 9.69. The molecule has 1 heterocycles. The van der Waals surface area contributed by atoms with Crippen LogP contribution in [0.1, 0.15) is 30.6 Å². The highest BCUT2D eigenvalue weighted by atomic mass is 32.2. The zero-order valence-electron chi connectivity index (χ0n) is 11.8. The van der Waals surface area contributed by atoms with Crippen LogP contribution in [0.4, 0.5) is 0 Å². The van der Waals surface area contributed by atoms with Gasteiger partial charge in [-0.2, -0.15) is 0 Å². The average Bonchev–Trinajstić information content (AvgIpc) is 2.62. The van der Waals surface area contributed by atoms with Crippen LogP contribution in [0.3, 0.4) is 0 Å². The first-order chi connectivity index (χ1) is 9.53. The number of sulfonamides is 1. The fourth-order valence-corrected chi connectivity index (χ4v) is 6.02. The second kappa shape index (κ2) is 5.19. The maximum absolute atomic E-state index is 12.4. The SMILES string of the molecule is CC(=O)c1cccc(S(=O)(=O)N[C@@]2(C)CCS(=O)(=O)C2)c1. The van der Waals surface area contributed by atoms with E-state index in [1.54, 1.807) is 6.92 Å². The molecule has 0 spiro atoms. The molecule has 1 saturated heterocycles. The van der Waals surface area contributed by atoms with Crippen molar-refractivity contribution in [3.05, 3.63) is 29.8 Å². The predicted octanol–water partition coefficient (Wildman–Crippen LogP) is 0.745. The minimum absolute atomic E-state index is 0.0283. The van der Waals surface area contributed by atoms with E-state index in [1.165, 1.54) is 31.2 Å². The van der Waals surface area contributed by atoms with Crippen LogP contribution >= 0.6 is 0 Å². The summed E-state index contributed by atoms with van der Waals surface area (Å²) in [5, 5.41) is 0. The van der Waals surface area contributed by atoms with E-state index in [0.717, 1.165) is 0 Å². The Morgan fingerprint density at radius 2 is 2.00 bits per heavy atom. The van der Waals surface area contributed by atoms with E-state index in [-0.39, 0.29) is 28.6 Å². The van der Waals surface area contributed by atoms with Crippen LogP contribution in [0, 0.1) is 0 Å². The summed E-state index contributed by atoms with van der Waals surface area (Å²) in [7, 11) is -7.09. The summed E-state index contributed by atoms with van der Waals surface area (Å²) in [6.07, 6.45) is 0.237. The molecule has 1 fully saturated rings. The molecular weight excluding hydrogens is 314 g/mol. The number of hydrogen-bond donors (Lipinski definition) is 1. The first-order valence-electron chi connectivity index (χ1n) is 6.38. The van der Waals surface area contributed by atoms with Crippen molar-refractivity contribution in [2.24, 2.45) is 0 Å². The van der Waals surface area contributed by atoms with Crippen LogP contribution < -0.4 is 4.72 Å². The highest BCUT2D eigenvalue weighted by Crippen LogP contribution is 2.25. The molecule has 1 atom stereocenters. The number of carbonyl (C=O) groups is 1. The second-order valence-electron chi connectivity index (χ2n) is 5.59. The molecular formula is C13H17NO5S2. The standard InChI is InChI=1S/C13H17NO5S2/c1-10(15)11-4-3-5-12(8-11)21(18,19)14-13(2)6-7-20(16,17)9-13/h3-5,8,14H,6-7,9H2,1-2H3/t13-/m0/s1. The van der Waals surface area contributed by atoms with Gasteiger partial charge in [-0.05, 0) is 32.4 Å². The second-order valence-corrected chi connectivity index (χ2v) is 9.46. The molecule has 0 saturated carbocycles. The van der Waals surface area contributed by atoms with Crippen LogP contribution in [0.15, 0.2) is 29.2 Å². The number of ketones is 1. The Balaban J connectivity index is 2.31. The topological polar surface area (TPSA) is 97.4 Å². The van der Waals surface area contributed by atoms with E-state index >= 15 is 0 Å². The van der Waals surface area contributed by atoms with Gasteiger partial charge in [0.2, 0.25) is 10.0 Å². The Morgan fingerprint density at radius 3 is 2.52 bits per heavy atom. The zero-order chi connectivity index (χ0) is 15.9. The summed E-state index contributed by atoms with van der Waals surface area (Å²) < 4.78 is 50.2. The summed E-state index contributed by atoms with van der Waals surface area (Å²) in [4.78, 5) is 11.3. The van der Waals surface area contributed by atoms with Gasteiger partial charge in [-0.15, -0.1) is 0 Å². The minimum atomic E-state index is -3.88. The Morgan fingerprint density at radius 1 is 1.33 bits per heavy atom. The number of nitrogens with one attached hydrogen (secondary N) is 1. The minimum Gasteiger partial charge on any atom is -0.295 e. The third-order valence-electron chi connectivity index (χ3n) is 3.43. The van der Waals surface area contributed by atoms with Crippen molar-refractivity contribution >= 4 is 25.6 Å². The molecule has 1 aromatic rings. The number of benzene rings is 1. The molecule has 116 valence electrons. The average molecular weight is 331 g/mol. The lowest BCUT2D eigenvalue weighted by atomic mass is 10.0. The van der Waals surface area contributed by atoms with Gasteiger partial charge < -0.3 is 0 Å². The van der Waals surface area contributed by atoms with Crippen molar-refractivity contribution in [2.45, 2.75) is 30.7 Å².